The highest BCUT2D eigenvalue weighted by atomic mass is 35.5. The molecule has 0 spiro atoms. The number of ketones is 1. The first kappa shape index (κ1) is 31.2. The average Bonchev–Trinajstić information content (AvgIpc) is 2.86. The molecule has 2 amide bonds. The van der Waals surface area contributed by atoms with Gasteiger partial charge in [-0.15, -0.1) is 0 Å². The Bertz CT molecular complexity index is 1150. The maximum atomic E-state index is 13.3. The molecule has 2 rings (SSSR count). The zero-order valence-electron chi connectivity index (χ0n) is 22.1. The number of rotatable bonds is 13. The van der Waals surface area contributed by atoms with Gasteiger partial charge in [0.15, 0.2) is 0 Å². The van der Waals surface area contributed by atoms with E-state index in [1.165, 1.54) is 16.9 Å². The highest BCUT2D eigenvalue weighted by Crippen LogP contribution is 2.26. The Hall–Kier alpha value is -2.98. The highest BCUT2D eigenvalue weighted by molar-refractivity contribution is 6.42. The van der Waals surface area contributed by atoms with E-state index >= 15 is 0 Å². The van der Waals surface area contributed by atoms with Gasteiger partial charge in [0.25, 0.3) is 5.91 Å². The Kier molecular flexibility index (Phi) is 11.7. The first-order valence-electron chi connectivity index (χ1n) is 11.7. The van der Waals surface area contributed by atoms with Crippen LogP contribution in [0.4, 0.5) is 5.69 Å². The number of halogens is 2. The van der Waals surface area contributed by atoms with Crippen molar-refractivity contribution in [1.82, 2.24) is 4.90 Å². The number of amides is 2. The predicted molar refractivity (Wildman–Crippen MR) is 145 cm³/mol. The summed E-state index contributed by atoms with van der Waals surface area (Å²) in [5, 5.41) is 0.657. The molecule has 0 N–H and O–H groups in total. The van der Waals surface area contributed by atoms with E-state index in [2.05, 4.69) is 0 Å². The van der Waals surface area contributed by atoms with Crippen LogP contribution in [0, 0.1) is 0 Å². The van der Waals surface area contributed by atoms with Crippen LogP contribution in [0.15, 0.2) is 42.5 Å². The fourth-order valence-corrected chi connectivity index (χ4v) is 3.61. The summed E-state index contributed by atoms with van der Waals surface area (Å²) in [6.07, 6.45) is -0.723. The molecule has 0 fully saturated rings. The number of hydrogen-bond acceptors (Lipinski definition) is 7. The van der Waals surface area contributed by atoms with Crippen LogP contribution < -0.4 is 4.90 Å². The molecule has 206 valence electrons. The van der Waals surface area contributed by atoms with Gasteiger partial charge in [-0.25, -0.2) is 4.79 Å². The SMILES string of the molecule is COCCOCC(C)(C)OC(=O)C(=O)CC(=O)N(Cc1ccc(Cl)c(Cl)c1)c1ccc(C(=O)N(C)C)cc1. The van der Waals surface area contributed by atoms with Crippen molar-refractivity contribution in [3.05, 3.63) is 63.6 Å². The molecule has 0 radical (unpaired) electrons. The average molecular weight is 567 g/mol. The van der Waals surface area contributed by atoms with E-state index < -0.39 is 29.7 Å². The molecule has 0 aliphatic rings. The molecule has 0 unspecified atom stereocenters. The largest absolute Gasteiger partial charge is 0.451 e. The van der Waals surface area contributed by atoms with Crippen molar-refractivity contribution in [2.45, 2.75) is 32.4 Å². The fraction of sp³-hybridized carbons (Fsp3) is 0.407. The third kappa shape index (κ3) is 9.40. The summed E-state index contributed by atoms with van der Waals surface area (Å²) in [7, 11) is 4.80. The molecule has 0 atom stereocenters. The normalized spacial score (nSPS) is 11.1. The molecule has 0 bridgehead atoms. The van der Waals surface area contributed by atoms with Gasteiger partial charge >= 0.3 is 5.97 Å². The van der Waals surface area contributed by atoms with E-state index in [4.69, 9.17) is 37.4 Å². The number of Topliss-reactive ketones (excluding diaryl/α,β-unsaturated/α-hetero) is 1. The summed E-state index contributed by atoms with van der Waals surface area (Å²) >= 11 is 12.2. The minimum atomic E-state index is -1.14. The topological polar surface area (TPSA) is 102 Å². The van der Waals surface area contributed by atoms with Crippen LogP contribution in [-0.2, 0) is 35.1 Å². The second-order valence-corrected chi connectivity index (χ2v) is 10.1. The quantitative estimate of drug-likeness (QED) is 0.155. The van der Waals surface area contributed by atoms with Crippen LogP contribution in [0.25, 0.3) is 0 Å². The summed E-state index contributed by atoms with van der Waals surface area (Å²) in [5.74, 6) is -2.98. The minimum absolute atomic E-state index is 0.0395. The van der Waals surface area contributed by atoms with Gasteiger partial charge in [0, 0.05) is 32.5 Å². The lowest BCUT2D eigenvalue weighted by atomic mass is 10.1. The van der Waals surface area contributed by atoms with Crippen molar-refractivity contribution in [2.24, 2.45) is 0 Å². The predicted octanol–water partition coefficient (Wildman–Crippen LogP) is 4.17. The van der Waals surface area contributed by atoms with Crippen molar-refractivity contribution in [3.63, 3.8) is 0 Å². The van der Waals surface area contributed by atoms with E-state index in [0.29, 0.717) is 40.1 Å². The molecule has 11 heteroatoms. The van der Waals surface area contributed by atoms with Gasteiger partial charge in [0.05, 0.1) is 42.8 Å². The van der Waals surface area contributed by atoms with E-state index in [9.17, 15) is 19.2 Å². The van der Waals surface area contributed by atoms with Gasteiger partial charge in [0.1, 0.15) is 5.60 Å². The molecule has 2 aromatic rings. The molecular weight excluding hydrogens is 535 g/mol. The summed E-state index contributed by atoms with van der Waals surface area (Å²) in [6, 6.07) is 11.2. The minimum Gasteiger partial charge on any atom is -0.451 e. The van der Waals surface area contributed by atoms with Crippen LogP contribution in [0.1, 0.15) is 36.2 Å². The monoisotopic (exact) mass is 566 g/mol. The Morgan fingerprint density at radius 3 is 2.16 bits per heavy atom. The van der Waals surface area contributed by atoms with Gasteiger partial charge in [-0.05, 0) is 55.8 Å². The zero-order chi connectivity index (χ0) is 28.5. The third-order valence-corrected chi connectivity index (χ3v) is 5.99. The molecule has 0 aliphatic heterocycles. The molecule has 0 aromatic heterocycles. The van der Waals surface area contributed by atoms with Crippen molar-refractivity contribution in [1.29, 1.82) is 0 Å². The molecular formula is C27H32Cl2N2O7. The molecule has 0 aliphatic carbocycles. The molecule has 0 saturated heterocycles. The van der Waals surface area contributed by atoms with E-state index in [-0.39, 0.29) is 19.1 Å². The van der Waals surface area contributed by atoms with Crippen LogP contribution in [0.5, 0.6) is 0 Å². The Morgan fingerprint density at radius 1 is 0.921 bits per heavy atom. The van der Waals surface area contributed by atoms with E-state index in [1.54, 1.807) is 70.4 Å². The van der Waals surface area contributed by atoms with Crippen LogP contribution in [0.3, 0.4) is 0 Å². The van der Waals surface area contributed by atoms with Gasteiger partial charge in [-0.3, -0.25) is 14.4 Å². The summed E-state index contributed by atoms with van der Waals surface area (Å²) in [6.45, 7) is 3.95. The number of hydrogen-bond donors (Lipinski definition) is 0. The molecule has 0 heterocycles. The standard InChI is InChI=1S/C27H32Cl2N2O7/c1-27(2,17-37-13-12-36-5)38-26(35)23(32)15-24(33)31(16-18-6-11-21(28)22(29)14-18)20-9-7-19(8-10-20)25(34)30(3)4/h6-11,14H,12-13,15-17H2,1-5H3. The Labute approximate surface area is 232 Å². The first-order chi connectivity index (χ1) is 17.8. The first-order valence-corrected chi connectivity index (χ1v) is 12.5. The number of carbonyl (C=O) groups is 4. The van der Waals surface area contributed by atoms with Crippen molar-refractivity contribution < 1.29 is 33.4 Å². The maximum Gasteiger partial charge on any atom is 0.375 e. The summed E-state index contributed by atoms with van der Waals surface area (Å²) in [5.41, 5.74) is 0.406. The van der Waals surface area contributed by atoms with Crippen LogP contribution >= 0.6 is 23.2 Å². The summed E-state index contributed by atoms with van der Waals surface area (Å²) in [4.78, 5) is 53.4. The lowest BCUT2D eigenvalue weighted by Gasteiger charge is -2.25. The Morgan fingerprint density at radius 2 is 1.58 bits per heavy atom. The Balaban J connectivity index is 2.20. The van der Waals surface area contributed by atoms with Crippen molar-refractivity contribution in [3.8, 4) is 0 Å². The molecule has 38 heavy (non-hydrogen) atoms. The van der Waals surface area contributed by atoms with Gasteiger partial charge in [-0.1, -0.05) is 29.3 Å². The number of ether oxygens (including phenoxy) is 3. The van der Waals surface area contributed by atoms with Gasteiger partial charge in [-0.2, -0.15) is 0 Å². The van der Waals surface area contributed by atoms with Gasteiger partial charge in [0.2, 0.25) is 11.7 Å². The van der Waals surface area contributed by atoms with E-state index in [1.807, 2.05) is 0 Å². The third-order valence-electron chi connectivity index (χ3n) is 5.25. The lowest BCUT2D eigenvalue weighted by molar-refractivity contribution is -0.168. The molecule has 0 saturated carbocycles. The van der Waals surface area contributed by atoms with E-state index in [0.717, 1.165) is 0 Å². The number of carbonyl (C=O) groups excluding carboxylic acids is 4. The number of benzene rings is 2. The van der Waals surface area contributed by atoms with Crippen LogP contribution in [-0.4, -0.2) is 75.1 Å². The summed E-state index contributed by atoms with van der Waals surface area (Å²) < 4.78 is 15.6. The van der Waals surface area contributed by atoms with Crippen LogP contribution in [0.2, 0.25) is 10.0 Å². The number of nitrogens with zero attached hydrogens (tertiary/aromatic N) is 2. The second-order valence-electron chi connectivity index (χ2n) is 9.27. The number of esters is 1. The molecule has 9 nitrogen and oxygen atoms in total. The number of methoxy groups -OCH3 is 1. The smallest absolute Gasteiger partial charge is 0.375 e. The van der Waals surface area contributed by atoms with Crippen molar-refractivity contribution >= 4 is 52.5 Å². The van der Waals surface area contributed by atoms with Crippen molar-refractivity contribution in [2.75, 3.05) is 45.9 Å². The maximum absolute atomic E-state index is 13.3. The zero-order valence-corrected chi connectivity index (χ0v) is 23.6. The van der Waals surface area contributed by atoms with Gasteiger partial charge < -0.3 is 24.0 Å². The highest BCUT2D eigenvalue weighted by Gasteiger charge is 2.30. The fourth-order valence-electron chi connectivity index (χ4n) is 3.29. The lowest BCUT2D eigenvalue weighted by Crippen LogP contribution is -2.39. The second kappa shape index (κ2) is 14.2. The molecule has 2 aromatic carbocycles. The number of anilines is 1.